The maximum Gasteiger partial charge on any atom is 0.229 e. The lowest BCUT2D eigenvalue weighted by Crippen LogP contribution is -2.30. The van der Waals surface area contributed by atoms with Gasteiger partial charge in [-0.2, -0.15) is 0 Å². The van der Waals surface area contributed by atoms with Crippen LogP contribution in [-0.2, 0) is 11.3 Å². The molecule has 0 unspecified atom stereocenters. The number of fused-ring (bicyclic) bond motifs is 1. The molecule has 0 bridgehead atoms. The van der Waals surface area contributed by atoms with Gasteiger partial charge in [-0.1, -0.05) is 47.7 Å². The molecule has 31 heavy (non-hydrogen) atoms. The topological polar surface area (TPSA) is 46.1 Å². The second-order valence-electron chi connectivity index (χ2n) is 7.44. The van der Waals surface area contributed by atoms with Crippen LogP contribution in [0.1, 0.15) is 29.7 Å². The molecular weight excluding hydrogens is 422 g/mol. The van der Waals surface area contributed by atoms with Gasteiger partial charge in [0.05, 0.1) is 22.5 Å². The Hall–Kier alpha value is -2.70. The van der Waals surface area contributed by atoms with Gasteiger partial charge in [-0.15, -0.1) is 11.8 Å². The number of hydrogen-bond donors (Lipinski definition) is 0. The van der Waals surface area contributed by atoms with Gasteiger partial charge in [0, 0.05) is 17.5 Å². The van der Waals surface area contributed by atoms with E-state index in [1.807, 2.05) is 36.4 Å². The van der Waals surface area contributed by atoms with Crippen molar-refractivity contribution in [3.8, 4) is 0 Å². The quantitative estimate of drug-likeness (QED) is 0.231. The third kappa shape index (κ3) is 5.32. The molecule has 0 spiro atoms. The molecule has 4 aromatic rings. The molecule has 0 saturated carbocycles. The first-order valence-electron chi connectivity index (χ1n) is 10.4. The van der Waals surface area contributed by atoms with Crippen molar-refractivity contribution >= 4 is 44.4 Å². The van der Waals surface area contributed by atoms with Crippen LogP contribution in [0.5, 0.6) is 0 Å². The zero-order chi connectivity index (χ0) is 21.6. The highest BCUT2D eigenvalue weighted by Gasteiger charge is 2.21. The van der Waals surface area contributed by atoms with E-state index in [-0.39, 0.29) is 5.91 Å². The van der Waals surface area contributed by atoms with Crippen LogP contribution in [0.25, 0.3) is 10.2 Å². The zero-order valence-corrected chi connectivity index (χ0v) is 19.4. The molecular formula is C25H25N3OS2. The number of aromatic nitrogens is 2. The molecule has 0 radical (unpaired) electrons. The fourth-order valence-electron chi connectivity index (χ4n) is 3.34. The van der Waals surface area contributed by atoms with Gasteiger partial charge < -0.3 is 0 Å². The van der Waals surface area contributed by atoms with Gasteiger partial charge in [0.15, 0.2) is 5.13 Å². The summed E-state index contributed by atoms with van der Waals surface area (Å²) in [4.78, 5) is 25.6. The van der Waals surface area contributed by atoms with Gasteiger partial charge in [-0.3, -0.25) is 14.7 Å². The highest BCUT2D eigenvalue weighted by Crippen LogP contribution is 2.34. The van der Waals surface area contributed by atoms with Crippen molar-refractivity contribution in [3.05, 3.63) is 83.7 Å². The standard InChI is InChI=1S/C25H25N3OS2/c1-18-13-14-19(2)24-23(18)27-25(31-24)28(17-20-9-6-7-15-26-20)22(29)12-8-16-30-21-10-4-3-5-11-21/h3-7,9-11,13-15H,8,12,16-17H2,1-2H3. The van der Waals surface area contributed by atoms with Crippen molar-refractivity contribution < 1.29 is 4.79 Å². The van der Waals surface area contributed by atoms with E-state index in [4.69, 9.17) is 4.98 Å². The molecule has 1 amide bonds. The van der Waals surface area contributed by atoms with Crippen LogP contribution in [0, 0.1) is 13.8 Å². The van der Waals surface area contributed by atoms with Gasteiger partial charge in [0.2, 0.25) is 5.91 Å². The molecule has 0 N–H and O–H groups in total. The molecule has 0 atom stereocenters. The lowest BCUT2D eigenvalue weighted by Gasteiger charge is -2.19. The van der Waals surface area contributed by atoms with Gasteiger partial charge in [-0.25, -0.2) is 4.98 Å². The maximum atomic E-state index is 13.3. The van der Waals surface area contributed by atoms with Gasteiger partial charge >= 0.3 is 0 Å². The van der Waals surface area contributed by atoms with Crippen LogP contribution < -0.4 is 4.90 Å². The van der Waals surface area contributed by atoms with E-state index in [1.165, 1.54) is 10.5 Å². The highest BCUT2D eigenvalue weighted by molar-refractivity contribution is 7.99. The number of carbonyl (C=O) groups is 1. The number of aryl methyl sites for hydroxylation is 2. The minimum absolute atomic E-state index is 0.0914. The summed E-state index contributed by atoms with van der Waals surface area (Å²) in [6, 6.07) is 20.3. The molecule has 6 heteroatoms. The third-order valence-corrected chi connectivity index (χ3v) is 7.37. The summed E-state index contributed by atoms with van der Waals surface area (Å²) in [7, 11) is 0. The second kappa shape index (κ2) is 10.1. The van der Waals surface area contributed by atoms with Gasteiger partial charge in [0.1, 0.15) is 0 Å². The zero-order valence-electron chi connectivity index (χ0n) is 17.7. The van der Waals surface area contributed by atoms with E-state index in [2.05, 4.69) is 43.1 Å². The number of carbonyl (C=O) groups excluding carboxylic acids is 1. The maximum absolute atomic E-state index is 13.3. The number of rotatable bonds is 8. The molecule has 4 rings (SSSR count). The van der Waals surface area contributed by atoms with Crippen molar-refractivity contribution in [2.45, 2.75) is 38.1 Å². The van der Waals surface area contributed by atoms with Gasteiger partial charge in [-0.05, 0) is 61.4 Å². The molecule has 0 aliphatic carbocycles. The Morgan fingerprint density at radius 2 is 1.77 bits per heavy atom. The summed E-state index contributed by atoms with van der Waals surface area (Å²) in [6.07, 6.45) is 3.07. The molecule has 2 heterocycles. The predicted molar refractivity (Wildman–Crippen MR) is 131 cm³/mol. The van der Waals surface area contributed by atoms with Crippen molar-refractivity contribution in [3.63, 3.8) is 0 Å². The average Bonchev–Trinajstić information content (AvgIpc) is 3.25. The van der Waals surface area contributed by atoms with Crippen molar-refractivity contribution in [1.82, 2.24) is 9.97 Å². The Balaban J connectivity index is 1.52. The molecule has 0 aliphatic heterocycles. The lowest BCUT2D eigenvalue weighted by atomic mass is 10.1. The Kier molecular flexibility index (Phi) is 6.99. The number of thiazole rings is 1. The fourth-order valence-corrected chi connectivity index (χ4v) is 5.35. The third-order valence-electron chi connectivity index (χ3n) is 5.06. The number of anilines is 1. The number of thioether (sulfide) groups is 1. The Labute approximate surface area is 191 Å². The summed E-state index contributed by atoms with van der Waals surface area (Å²) in [6.45, 7) is 4.59. The Morgan fingerprint density at radius 3 is 2.52 bits per heavy atom. The van der Waals surface area contributed by atoms with Crippen LogP contribution >= 0.6 is 23.1 Å². The van der Waals surface area contributed by atoms with Crippen LogP contribution in [0.15, 0.2) is 71.8 Å². The summed E-state index contributed by atoms with van der Waals surface area (Å²) in [5.41, 5.74) is 4.17. The Bertz CT molecular complexity index is 1120. The van der Waals surface area contributed by atoms with E-state index in [0.717, 1.165) is 38.8 Å². The first-order valence-corrected chi connectivity index (χ1v) is 12.2. The summed E-state index contributed by atoms with van der Waals surface area (Å²) < 4.78 is 1.15. The van der Waals surface area contributed by atoms with Crippen molar-refractivity contribution in [2.75, 3.05) is 10.7 Å². The molecule has 2 aromatic heterocycles. The molecule has 0 fully saturated rings. The van der Waals surface area contributed by atoms with Crippen LogP contribution in [0.2, 0.25) is 0 Å². The van der Waals surface area contributed by atoms with E-state index >= 15 is 0 Å². The van der Waals surface area contributed by atoms with E-state index in [0.29, 0.717) is 13.0 Å². The predicted octanol–water partition coefficient (Wildman–Crippen LogP) is 6.41. The van der Waals surface area contributed by atoms with Gasteiger partial charge in [0.25, 0.3) is 0 Å². The summed E-state index contributed by atoms with van der Waals surface area (Å²) in [5.74, 6) is 0.999. The summed E-state index contributed by atoms with van der Waals surface area (Å²) >= 11 is 3.38. The molecule has 2 aromatic carbocycles. The second-order valence-corrected chi connectivity index (χ2v) is 9.59. The van der Waals surface area contributed by atoms with Crippen LogP contribution in [0.4, 0.5) is 5.13 Å². The fraction of sp³-hybridized carbons (Fsp3) is 0.240. The van der Waals surface area contributed by atoms with Crippen molar-refractivity contribution in [1.29, 1.82) is 0 Å². The molecule has 0 saturated heterocycles. The van der Waals surface area contributed by atoms with Crippen LogP contribution in [-0.4, -0.2) is 21.6 Å². The monoisotopic (exact) mass is 447 g/mol. The SMILES string of the molecule is Cc1ccc(C)c2sc(N(Cc3ccccn3)C(=O)CCCSc3ccccc3)nc12. The number of nitrogens with zero attached hydrogens (tertiary/aromatic N) is 3. The number of hydrogen-bond acceptors (Lipinski definition) is 5. The molecule has 4 nitrogen and oxygen atoms in total. The van der Waals surface area contributed by atoms with Crippen LogP contribution in [0.3, 0.4) is 0 Å². The number of benzene rings is 2. The number of amides is 1. The minimum Gasteiger partial charge on any atom is -0.282 e. The summed E-state index contributed by atoms with van der Waals surface area (Å²) in [5, 5.41) is 0.749. The van der Waals surface area contributed by atoms with E-state index < -0.39 is 0 Å². The first kappa shape index (κ1) is 21.5. The average molecular weight is 448 g/mol. The largest absolute Gasteiger partial charge is 0.282 e. The lowest BCUT2D eigenvalue weighted by molar-refractivity contribution is -0.118. The first-order chi connectivity index (χ1) is 15.1. The minimum atomic E-state index is 0.0914. The molecule has 0 aliphatic rings. The Morgan fingerprint density at radius 1 is 1.00 bits per heavy atom. The van der Waals surface area contributed by atoms with E-state index in [9.17, 15) is 4.79 Å². The van der Waals surface area contributed by atoms with E-state index in [1.54, 1.807) is 34.2 Å². The molecule has 158 valence electrons. The highest BCUT2D eigenvalue weighted by atomic mass is 32.2. The smallest absolute Gasteiger partial charge is 0.229 e. The normalized spacial score (nSPS) is 11.0. The number of pyridine rings is 1. The van der Waals surface area contributed by atoms with Crippen molar-refractivity contribution in [2.24, 2.45) is 0 Å².